The van der Waals surface area contributed by atoms with Crippen LogP contribution in [0.3, 0.4) is 0 Å². The highest BCUT2D eigenvalue weighted by Crippen LogP contribution is 2.12. The van der Waals surface area contributed by atoms with E-state index in [1.54, 1.807) is 41.6 Å². The molecule has 102 valence electrons. The Morgan fingerprint density at radius 2 is 2.30 bits per heavy atom. The number of pyridine rings is 1. The van der Waals surface area contributed by atoms with Crippen LogP contribution in [0.5, 0.6) is 0 Å². The Bertz CT molecular complexity index is 602. The zero-order valence-corrected chi connectivity index (χ0v) is 12.2. The van der Waals surface area contributed by atoms with Gasteiger partial charge in [-0.15, -0.1) is 0 Å². The molecule has 20 heavy (non-hydrogen) atoms. The molecule has 0 bridgehead atoms. The number of amides is 1. The molecule has 0 spiro atoms. The molecule has 0 saturated heterocycles. The molecule has 5 nitrogen and oxygen atoms in total. The molecule has 0 atom stereocenters. The van der Waals surface area contributed by atoms with Gasteiger partial charge in [0.25, 0.3) is 5.91 Å². The summed E-state index contributed by atoms with van der Waals surface area (Å²) in [5.41, 5.74) is 0.345. The number of carbonyl (C=O) groups is 1. The lowest BCUT2D eigenvalue weighted by Gasteiger charge is -2.19. The second-order valence-corrected chi connectivity index (χ2v) is 4.99. The predicted octanol–water partition coefficient (Wildman–Crippen LogP) is 2.99. The Hall–Kier alpha value is -2.13. The van der Waals surface area contributed by atoms with Gasteiger partial charge in [0.1, 0.15) is 11.5 Å². The van der Waals surface area contributed by atoms with Gasteiger partial charge in [-0.3, -0.25) is 4.79 Å². The topological polar surface area (TPSA) is 70.1 Å². The van der Waals surface area contributed by atoms with Crippen molar-refractivity contribution in [3.8, 4) is 6.07 Å². The molecule has 1 amide bonds. The van der Waals surface area contributed by atoms with Crippen LogP contribution < -0.4 is 0 Å². The Labute approximate surface area is 125 Å². The van der Waals surface area contributed by atoms with Crippen LogP contribution in [-0.4, -0.2) is 22.3 Å². The van der Waals surface area contributed by atoms with Crippen molar-refractivity contribution in [2.45, 2.75) is 13.0 Å². The molecule has 2 aromatic rings. The molecule has 0 saturated carbocycles. The summed E-state index contributed by atoms with van der Waals surface area (Å²) in [4.78, 5) is 18.0. The number of furan rings is 1. The number of carbonyl (C=O) groups excluding carboxylic acids is 1. The van der Waals surface area contributed by atoms with Crippen LogP contribution in [0, 0.1) is 11.3 Å². The first-order valence-corrected chi connectivity index (χ1v) is 6.80. The van der Waals surface area contributed by atoms with Crippen molar-refractivity contribution < 1.29 is 9.21 Å². The van der Waals surface area contributed by atoms with Crippen LogP contribution in [0.4, 0.5) is 0 Å². The molecule has 2 aromatic heterocycles. The van der Waals surface area contributed by atoms with E-state index in [1.165, 1.54) is 0 Å². The van der Waals surface area contributed by atoms with Crippen molar-refractivity contribution in [2.75, 3.05) is 6.54 Å². The van der Waals surface area contributed by atoms with Gasteiger partial charge >= 0.3 is 0 Å². The smallest absolute Gasteiger partial charge is 0.272 e. The van der Waals surface area contributed by atoms with Crippen LogP contribution in [-0.2, 0) is 6.54 Å². The summed E-state index contributed by atoms with van der Waals surface area (Å²) in [5, 5.41) is 8.70. The first kappa shape index (κ1) is 14.3. The van der Waals surface area contributed by atoms with E-state index < -0.39 is 0 Å². The van der Waals surface area contributed by atoms with Crippen LogP contribution >= 0.6 is 15.9 Å². The maximum Gasteiger partial charge on any atom is 0.272 e. The summed E-state index contributed by atoms with van der Waals surface area (Å²) in [6, 6.07) is 9.00. The predicted molar refractivity (Wildman–Crippen MR) is 75.6 cm³/mol. The fourth-order valence-electron chi connectivity index (χ4n) is 1.69. The summed E-state index contributed by atoms with van der Waals surface area (Å²) in [7, 11) is 0. The van der Waals surface area contributed by atoms with E-state index in [0.717, 1.165) is 4.47 Å². The normalized spacial score (nSPS) is 10.0. The van der Waals surface area contributed by atoms with Crippen molar-refractivity contribution in [1.82, 2.24) is 9.88 Å². The van der Waals surface area contributed by atoms with Crippen molar-refractivity contribution in [1.29, 1.82) is 5.26 Å². The van der Waals surface area contributed by atoms with E-state index in [0.29, 0.717) is 24.5 Å². The molecular weight excluding hydrogens is 322 g/mol. The summed E-state index contributed by atoms with van der Waals surface area (Å²) in [6.45, 7) is 0.666. The van der Waals surface area contributed by atoms with Crippen molar-refractivity contribution in [3.63, 3.8) is 0 Å². The standard InChI is InChI=1S/C14H12BrN3O2/c15-11-4-5-13(17-9-11)14(19)18(7-2-6-16)10-12-3-1-8-20-12/h1,3-5,8-9H,2,7,10H2. The molecule has 6 heteroatoms. The SMILES string of the molecule is N#CCCN(Cc1ccco1)C(=O)c1ccc(Br)cn1. The lowest BCUT2D eigenvalue weighted by molar-refractivity contribution is 0.0729. The first-order valence-electron chi connectivity index (χ1n) is 6.01. The summed E-state index contributed by atoms with van der Waals surface area (Å²) < 4.78 is 6.05. The lowest BCUT2D eigenvalue weighted by Crippen LogP contribution is -2.31. The average molecular weight is 334 g/mol. The van der Waals surface area contributed by atoms with Gasteiger partial charge in [-0.25, -0.2) is 4.98 Å². The van der Waals surface area contributed by atoms with Gasteiger partial charge in [-0.1, -0.05) is 0 Å². The zero-order valence-electron chi connectivity index (χ0n) is 10.6. The Morgan fingerprint density at radius 1 is 1.45 bits per heavy atom. The van der Waals surface area contributed by atoms with Crippen LogP contribution in [0.15, 0.2) is 45.6 Å². The minimum absolute atomic E-state index is 0.218. The molecule has 0 fully saturated rings. The van der Waals surface area contributed by atoms with Crippen molar-refractivity contribution >= 4 is 21.8 Å². The number of hydrogen-bond donors (Lipinski definition) is 0. The molecular formula is C14H12BrN3O2. The summed E-state index contributed by atoms with van der Waals surface area (Å²) in [6.07, 6.45) is 3.39. The van der Waals surface area contributed by atoms with E-state index in [-0.39, 0.29) is 12.3 Å². The minimum Gasteiger partial charge on any atom is -0.467 e. The highest BCUT2D eigenvalue weighted by molar-refractivity contribution is 9.10. The molecule has 0 aliphatic carbocycles. The monoisotopic (exact) mass is 333 g/mol. The molecule has 0 aromatic carbocycles. The minimum atomic E-state index is -0.218. The number of nitriles is 1. The highest BCUT2D eigenvalue weighted by atomic mass is 79.9. The van der Waals surface area contributed by atoms with Crippen LogP contribution in [0.1, 0.15) is 22.7 Å². The number of halogens is 1. The summed E-state index contributed by atoms with van der Waals surface area (Å²) >= 11 is 3.28. The van der Waals surface area contributed by atoms with E-state index in [2.05, 4.69) is 20.9 Å². The van der Waals surface area contributed by atoms with Gasteiger partial charge in [0.15, 0.2) is 0 Å². The van der Waals surface area contributed by atoms with Crippen molar-refractivity contribution in [3.05, 3.63) is 52.7 Å². The average Bonchev–Trinajstić information content (AvgIpc) is 2.96. The molecule has 2 rings (SSSR count). The van der Waals surface area contributed by atoms with E-state index in [9.17, 15) is 4.79 Å². The van der Waals surface area contributed by atoms with Crippen molar-refractivity contribution in [2.24, 2.45) is 0 Å². The quantitative estimate of drug-likeness (QED) is 0.843. The number of hydrogen-bond acceptors (Lipinski definition) is 4. The number of rotatable bonds is 5. The fraction of sp³-hybridized carbons (Fsp3) is 0.214. The van der Waals surface area contributed by atoms with Crippen LogP contribution in [0.2, 0.25) is 0 Å². The van der Waals surface area contributed by atoms with Crippen LogP contribution in [0.25, 0.3) is 0 Å². The maximum absolute atomic E-state index is 12.4. The Kier molecular flexibility index (Phi) is 4.91. The van der Waals surface area contributed by atoms with Gasteiger partial charge in [0, 0.05) is 17.2 Å². The Morgan fingerprint density at radius 3 is 2.90 bits per heavy atom. The third-order valence-electron chi connectivity index (χ3n) is 2.65. The molecule has 0 radical (unpaired) electrons. The second kappa shape index (κ2) is 6.87. The van der Waals surface area contributed by atoms with E-state index >= 15 is 0 Å². The van der Waals surface area contributed by atoms with Gasteiger partial charge < -0.3 is 9.32 Å². The third kappa shape index (κ3) is 3.68. The second-order valence-electron chi connectivity index (χ2n) is 4.08. The number of nitrogens with zero attached hydrogens (tertiary/aromatic N) is 3. The zero-order chi connectivity index (χ0) is 14.4. The largest absolute Gasteiger partial charge is 0.467 e. The molecule has 0 N–H and O–H groups in total. The molecule has 0 unspecified atom stereocenters. The molecule has 2 heterocycles. The van der Waals surface area contributed by atoms with Gasteiger partial charge in [0.2, 0.25) is 0 Å². The maximum atomic E-state index is 12.4. The molecule has 0 aliphatic rings. The third-order valence-corrected chi connectivity index (χ3v) is 3.12. The first-order chi connectivity index (χ1) is 9.70. The fourth-order valence-corrected chi connectivity index (χ4v) is 1.93. The van der Waals surface area contributed by atoms with Gasteiger partial charge in [0.05, 0.1) is 25.3 Å². The van der Waals surface area contributed by atoms with Gasteiger partial charge in [-0.2, -0.15) is 5.26 Å². The highest BCUT2D eigenvalue weighted by Gasteiger charge is 2.18. The lowest BCUT2D eigenvalue weighted by atomic mass is 10.2. The number of aromatic nitrogens is 1. The Balaban J connectivity index is 2.15. The summed E-state index contributed by atoms with van der Waals surface area (Å²) in [5.74, 6) is 0.456. The van der Waals surface area contributed by atoms with E-state index in [4.69, 9.17) is 9.68 Å². The van der Waals surface area contributed by atoms with Gasteiger partial charge in [-0.05, 0) is 40.2 Å². The van der Waals surface area contributed by atoms with E-state index in [1.807, 2.05) is 6.07 Å². The molecule has 0 aliphatic heterocycles.